The highest BCUT2D eigenvalue weighted by molar-refractivity contribution is 7.14. The van der Waals surface area contributed by atoms with Crippen molar-refractivity contribution in [2.75, 3.05) is 13.7 Å². The Morgan fingerprint density at radius 2 is 2.21 bits per heavy atom. The molecule has 1 aromatic heterocycles. The van der Waals surface area contributed by atoms with E-state index in [-0.39, 0.29) is 11.8 Å². The molecule has 2 aromatic rings. The maximum Gasteiger partial charge on any atom is 0.165 e. The van der Waals surface area contributed by atoms with Crippen LogP contribution in [-0.2, 0) is 0 Å². The summed E-state index contributed by atoms with van der Waals surface area (Å²) in [6, 6.07) is 4.95. The van der Waals surface area contributed by atoms with Gasteiger partial charge in [-0.3, -0.25) is 0 Å². The van der Waals surface area contributed by atoms with Crippen LogP contribution in [0.2, 0.25) is 0 Å². The summed E-state index contributed by atoms with van der Waals surface area (Å²) in [4.78, 5) is 0. The molecule has 0 aliphatic heterocycles. The number of ether oxygens (including phenoxy) is 1. The van der Waals surface area contributed by atoms with Crippen molar-refractivity contribution in [3.05, 3.63) is 29.0 Å². The molecule has 0 spiro atoms. The van der Waals surface area contributed by atoms with Crippen molar-refractivity contribution >= 4 is 11.3 Å². The van der Waals surface area contributed by atoms with E-state index < -0.39 is 5.82 Å². The first-order chi connectivity index (χ1) is 9.15. The van der Waals surface area contributed by atoms with Crippen LogP contribution in [0.25, 0.3) is 10.6 Å². The second kappa shape index (κ2) is 6.08. The summed E-state index contributed by atoms with van der Waals surface area (Å²) in [6.45, 7) is 4.94. The van der Waals surface area contributed by atoms with E-state index in [9.17, 15) is 4.39 Å². The van der Waals surface area contributed by atoms with Crippen LogP contribution in [0.3, 0.4) is 0 Å². The Labute approximate surface area is 115 Å². The molecular weight excluding hydrogens is 265 g/mol. The zero-order valence-electron chi connectivity index (χ0n) is 11.1. The lowest BCUT2D eigenvalue weighted by Crippen LogP contribution is -2.17. The van der Waals surface area contributed by atoms with Crippen molar-refractivity contribution < 1.29 is 9.13 Å². The fourth-order valence-corrected chi connectivity index (χ4v) is 2.59. The quantitative estimate of drug-likeness (QED) is 0.915. The molecule has 0 amide bonds. The SMILES string of the molecule is CCNC(C)c1nnc(-c2ccc(OC)c(F)c2)s1. The molecule has 1 N–H and O–H groups in total. The van der Waals surface area contributed by atoms with Crippen molar-refractivity contribution in [1.29, 1.82) is 0 Å². The third kappa shape index (κ3) is 3.08. The van der Waals surface area contributed by atoms with Crippen molar-refractivity contribution in [3.63, 3.8) is 0 Å². The Morgan fingerprint density at radius 3 is 2.84 bits per heavy atom. The molecule has 102 valence electrons. The Morgan fingerprint density at radius 1 is 1.42 bits per heavy atom. The van der Waals surface area contributed by atoms with E-state index in [1.807, 2.05) is 13.8 Å². The molecular formula is C13H16FN3OS. The van der Waals surface area contributed by atoms with Crippen molar-refractivity contribution in [2.24, 2.45) is 0 Å². The number of hydrogen-bond acceptors (Lipinski definition) is 5. The van der Waals surface area contributed by atoms with Crippen LogP contribution in [-0.4, -0.2) is 23.9 Å². The molecule has 1 aromatic carbocycles. The first-order valence-corrected chi connectivity index (χ1v) is 6.88. The van der Waals surface area contributed by atoms with Gasteiger partial charge in [-0.05, 0) is 31.7 Å². The zero-order chi connectivity index (χ0) is 13.8. The number of methoxy groups -OCH3 is 1. The first kappa shape index (κ1) is 13.9. The summed E-state index contributed by atoms with van der Waals surface area (Å²) in [7, 11) is 1.44. The van der Waals surface area contributed by atoms with E-state index in [4.69, 9.17) is 4.74 Å². The highest BCUT2D eigenvalue weighted by Crippen LogP contribution is 2.29. The monoisotopic (exact) mass is 281 g/mol. The van der Waals surface area contributed by atoms with Crippen LogP contribution in [0.4, 0.5) is 4.39 Å². The lowest BCUT2D eigenvalue weighted by atomic mass is 10.2. The smallest absolute Gasteiger partial charge is 0.165 e. The van der Waals surface area contributed by atoms with E-state index in [1.54, 1.807) is 12.1 Å². The van der Waals surface area contributed by atoms with Gasteiger partial charge in [0.1, 0.15) is 10.0 Å². The lowest BCUT2D eigenvalue weighted by molar-refractivity contribution is 0.386. The molecule has 0 radical (unpaired) electrons. The number of benzene rings is 1. The van der Waals surface area contributed by atoms with E-state index >= 15 is 0 Å². The van der Waals surface area contributed by atoms with Gasteiger partial charge in [-0.1, -0.05) is 18.3 Å². The van der Waals surface area contributed by atoms with Crippen molar-refractivity contribution in [3.8, 4) is 16.3 Å². The van der Waals surface area contributed by atoms with Crippen molar-refractivity contribution in [1.82, 2.24) is 15.5 Å². The molecule has 0 bridgehead atoms. The van der Waals surface area contributed by atoms with Crippen LogP contribution < -0.4 is 10.1 Å². The second-order valence-electron chi connectivity index (χ2n) is 4.07. The molecule has 1 heterocycles. The Balaban J connectivity index is 2.25. The van der Waals surface area contributed by atoms with Gasteiger partial charge in [0.2, 0.25) is 0 Å². The molecule has 1 atom stereocenters. The molecule has 0 aliphatic carbocycles. The number of hydrogen-bond donors (Lipinski definition) is 1. The first-order valence-electron chi connectivity index (χ1n) is 6.06. The standard InChI is InChI=1S/C13H16FN3OS/c1-4-15-8(2)12-16-17-13(19-12)9-5-6-11(18-3)10(14)7-9/h5-8,15H,4H2,1-3H3. The Hall–Kier alpha value is -1.53. The summed E-state index contributed by atoms with van der Waals surface area (Å²) < 4.78 is 18.5. The van der Waals surface area contributed by atoms with Crippen LogP contribution in [0.5, 0.6) is 5.75 Å². The average Bonchev–Trinajstić information content (AvgIpc) is 2.88. The predicted octanol–water partition coefficient (Wildman–Crippen LogP) is 3.02. The van der Waals surface area contributed by atoms with Gasteiger partial charge in [-0.2, -0.15) is 0 Å². The van der Waals surface area contributed by atoms with Gasteiger partial charge in [-0.25, -0.2) is 4.39 Å². The van der Waals surface area contributed by atoms with Gasteiger partial charge in [0.25, 0.3) is 0 Å². The Kier molecular flexibility index (Phi) is 4.44. The maximum absolute atomic E-state index is 13.6. The van der Waals surface area contributed by atoms with Crippen molar-refractivity contribution in [2.45, 2.75) is 19.9 Å². The number of nitrogens with one attached hydrogen (secondary N) is 1. The number of rotatable bonds is 5. The maximum atomic E-state index is 13.6. The third-order valence-corrected chi connectivity index (χ3v) is 3.88. The summed E-state index contributed by atoms with van der Waals surface area (Å²) in [5.41, 5.74) is 0.714. The van der Waals surface area contributed by atoms with Crippen LogP contribution in [0, 0.1) is 5.82 Å². The summed E-state index contributed by atoms with van der Waals surface area (Å²) in [5, 5.41) is 13.1. The number of nitrogens with zero attached hydrogens (tertiary/aromatic N) is 2. The molecule has 19 heavy (non-hydrogen) atoms. The predicted molar refractivity (Wildman–Crippen MR) is 73.9 cm³/mol. The molecule has 0 saturated heterocycles. The molecule has 0 aliphatic rings. The minimum absolute atomic E-state index is 0.152. The summed E-state index contributed by atoms with van der Waals surface area (Å²) >= 11 is 1.46. The molecule has 0 saturated carbocycles. The topological polar surface area (TPSA) is 47.0 Å². The fraction of sp³-hybridized carbons (Fsp3) is 0.385. The molecule has 0 fully saturated rings. The van der Waals surface area contributed by atoms with Crippen LogP contribution in [0.15, 0.2) is 18.2 Å². The van der Waals surface area contributed by atoms with E-state index in [1.165, 1.54) is 24.5 Å². The van der Waals surface area contributed by atoms with Gasteiger partial charge in [0.05, 0.1) is 13.2 Å². The number of aromatic nitrogens is 2. The highest BCUT2D eigenvalue weighted by Gasteiger charge is 2.13. The molecule has 2 rings (SSSR count). The minimum atomic E-state index is -0.392. The molecule has 1 unspecified atom stereocenters. The zero-order valence-corrected chi connectivity index (χ0v) is 11.9. The van der Waals surface area contributed by atoms with Gasteiger partial charge >= 0.3 is 0 Å². The van der Waals surface area contributed by atoms with Gasteiger partial charge in [0, 0.05) is 5.56 Å². The fourth-order valence-electron chi connectivity index (χ4n) is 1.72. The molecule has 6 heteroatoms. The largest absolute Gasteiger partial charge is 0.494 e. The lowest BCUT2D eigenvalue weighted by Gasteiger charge is -2.06. The van der Waals surface area contributed by atoms with Crippen LogP contribution in [0.1, 0.15) is 24.9 Å². The van der Waals surface area contributed by atoms with Crippen LogP contribution >= 0.6 is 11.3 Å². The molecule has 4 nitrogen and oxygen atoms in total. The summed E-state index contributed by atoms with van der Waals surface area (Å²) in [5.74, 6) is -0.161. The van der Waals surface area contributed by atoms with Gasteiger partial charge in [-0.15, -0.1) is 10.2 Å². The third-order valence-electron chi connectivity index (χ3n) is 2.72. The Bertz CT molecular complexity index is 559. The van der Waals surface area contributed by atoms with Gasteiger partial charge in [0.15, 0.2) is 11.6 Å². The summed E-state index contributed by atoms with van der Waals surface area (Å²) in [6.07, 6.45) is 0. The van der Waals surface area contributed by atoms with E-state index in [0.717, 1.165) is 11.6 Å². The van der Waals surface area contributed by atoms with Gasteiger partial charge < -0.3 is 10.1 Å². The highest BCUT2D eigenvalue weighted by atomic mass is 32.1. The van der Waals surface area contributed by atoms with E-state index in [0.29, 0.717) is 10.6 Å². The van der Waals surface area contributed by atoms with E-state index in [2.05, 4.69) is 15.5 Å². The average molecular weight is 281 g/mol. The minimum Gasteiger partial charge on any atom is -0.494 e. The number of halogens is 1. The normalized spacial score (nSPS) is 12.4. The second-order valence-corrected chi connectivity index (χ2v) is 5.08.